The van der Waals surface area contributed by atoms with Gasteiger partial charge in [-0.05, 0) is 44.0 Å². The van der Waals surface area contributed by atoms with Crippen molar-refractivity contribution in [3.05, 3.63) is 53.1 Å². The first-order valence-corrected chi connectivity index (χ1v) is 10.1. The predicted octanol–water partition coefficient (Wildman–Crippen LogP) is 3.36. The Balaban J connectivity index is 1.69. The Morgan fingerprint density at radius 2 is 1.97 bits per heavy atom. The Morgan fingerprint density at radius 3 is 2.61 bits per heavy atom. The second-order valence-electron chi connectivity index (χ2n) is 7.04. The molecule has 3 aromatic rings. The molecule has 0 atom stereocenters. The Labute approximate surface area is 184 Å². The van der Waals surface area contributed by atoms with E-state index in [2.05, 4.69) is 16.7 Å². The third-order valence-electron chi connectivity index (χ3n) is 5.14. The molecule has 0 spiro atoms. The Kier molecular flexibility index (Phi) is 5.77. The average molecular weight is 440 g/mol. The molecule has 2 amide bonds. The van der Waals surface area contributed by atoms with Crippen LogP contribution in [0.25, 0.3) is 23.3 Å². The molecule has 1 saturated heterocycles. The number of halogens is 1. The smallest absolute Gasteiger partial charge is 0.314 e. The van der Waals surface area contributed by atoms with Crippen molar-refractivity contribution in [2.24, 2.45) is 10.7 Å². The molecule has 0 bridgehead atoms. The van der Waals surface area contributed by atoms with Crippen molar-refractivity contribution in [3.8, 4) is 17.3 Å². The number of nitrogens with zero attached hydrogens (tertiary/aromatic N) is 6. The van der Waals surface area contributed by atoms with Crippen LogP contribution in [0.1, 0.15) is 11.4 Å². The van der Waals surface area contributed by atoms with Gasteiger partial charge in [0, 0.05) is 48.8 Å². The maximum Gasteiger partial charge on any atom is 0.314 e. The van der Waals surface area contributed by atoms with Gasteiger partial charge in [-0.2, -0.15) is 0 Å². The third-order valence-corrected chi connectivity index (χ3v) is 5.39. The van der Waals surface area contributed by atoms with E-state index in [0.717, 1.165) is 17.1 Å². The summed E-state index contributed by atoms with van der Waals surface area (Å²) in [6.45, 7) is 7.67. The van der Waals surface area contributed by atoms with Crippen LogP contribution in [0, 0.1) is 6.92 Å². The van der Waals surface area contributed by atoms with Gasteiger partial charge in [-0.1, -0.05) is 11.6 Å². The van der Waals surface area contributed by atoms with Crippen LogP contribution in [-0.2, 0) is 0 Å². The van der Waals surface area contributed by atoms with Crippen LogP contribution in [0.5, 0.6) is 0 Å². The first-order valence-electron chi connectivity index (χ1n) is 9.71. The highest BCUT2D eigenvalue weighted by atomic mass is 35.5. The third kappa shape index (κ3) is 4.17. The number of piperazine rings is 1. The number of amides is 2. The van der Waals surface area contributed by atoms with Gasteiger partial charge in [0.2, 0.25) is 0 Å². The maximum absolute atomic E-state index is 11.3. The van der Waals surface area contributed by atoms with Crippen LogP contribution < -0.4 is 10.6 Å². The molecule has 2 N–H and O–H groups in total. The van der Waals surface area contributed by atoms with Crippen LogP contribution in [-0.4, -0.2) is 58.4 Å². The Bertz CT molecular complexity index is 1130. The number of anilines is 1. The van der Waals surface area contributed by atoms with Gasteiger partial charge in [0.25, 0.3) is 6.01 Å². The molecule has 0 aliphatic carbocycles. The molecule has 0 radical (unpaired) electrons. The molecule has 3 heterocycles. The summed E-state index contributed by atoms with van der Waals surface area (Å²) in [6.07, 6.45) is 5.04. The fourth-order valence-corrected chi connectivity index (χ4v) is 3.63. The van der Waals surface area contributed by atoms with Crippen LogP contribution >= 0.6 is 11.6 Å². The largest absolute Gasteiger partial charge is 0.420 e. The van der Waals surface area contributed by atoms with Crippen molar-refractivity contribution >= 4 is 36.4 Å². The second-order valence-corrected chi connectivity index (χ2v) is 7.47. The van der Waals surface area contributed by atoms with Crippen LogP contribution in [0.4, 0.5) is 10.8 Å². The molecular weight excluding hydrogens is 418 g/mol. The second kappa shape index (κ2) is 8.65. The van der Waals surface area contributed by atoms with Gasteiger partial charge in [0.1, 0.15) is 0 Å². The zero-order chi connectivity index (χ0) is 22.0. The maximum atomic E-state index is 11.3. The molecule has 1 aliphatic rings. The number of primary amides is 1. The summed E-state index contributed by atoms with van der Waals surface area (Å²) in [4.78, 5) is 27.9. The van der Waals surface area contributed by atoms with E-state index < -0.39 is 6.03 Å². The minimum Gasteiger partial charge on any atom is -0.420 e. The van der Waals surface area contributed by atoms with Crippen molar-refractivity contribution in [3.63, 3.8) is 0 Å². The van der Waals surface area contributed by atoms with Gasteiger partial charge in [-0.3, -0.25) is 9.56 Å². The lowest BCUT2D eigenvalue weighted by molar-refractivity contribution is 0.203. The summed E-state index contributed by atoms with van der Waals surface area (Å²) in [6, 6.07) is 7.55. The number of urea groups is 1. The standard InChI is InChI=1S/C21H22ClN7O2/c1-14-17(7-8-24-2)26-19(29(14)16-5-3-15(22)4-6-16)18-13-25-21(31-18)28-11-9-27(10-12-28)20(23)30/h3-8,13H,2,9-12H2,1H3,(H2,23,30)/b8-7-. The lowest BCUT2D eigenvalue weighted by Crippen LogP contribution is -2.50. The van der Waals surface area contributed by atoms with Crippen molar-refractivity contribution in [2.75, 3.05) is 31.1 Å². The molecule has 2 aromatic heterocycles. The molecule has 10 heteroatoms. The van der Waals surface area contributed by atoms with Crippen molar-refractivity contribution in [1.82, 2.24) is 19.4 Å². The Hall–Kier alpha value is -3.59. The van der Waals surface area contributed by atoms with Gasteiger partial charge in [-0.25, -0.2) is 14.8 Å². The number of carbonyl (C=O) groups excluding carboxylic acids is 1. The fraction of sp³-hybridized carbons (Fsp3) is 0.238. The van der Waals surface area contributed by atoms with E-state index in [4.69, 9.17) is 26.7 Å². The molecule has 9 nitrogen and oxygen atoms in total. The molecule has 1 fully saturated rings. The summed E-state index contributed by atoms with van der Waals surface area (Å²) in [5.74, 6) is 1.13. The fourth-order valence-electron chi connectivity index (χ4n) is 3.50. The summed E-state index contributed by atoms with van der Waals surface area (Å²) in [5.41, 5.74) is 7.90. The minimum absolute atomic E-state index is 0.414. The van der Waals surface area contributed by atoms with Crippen LogP contribution in [0.3, 0.4) is 0 Å². The van der Waals surface area contributed by atoms with Gasteiger partial charge < -0.3 is 20.0 Å². The predicted molar refractivity (Wildman–Crippen MR) is 121 cm³/mol. The van der Waals surface area contributed by atoms with E-state index in [-0.39, 0.29) is 0 Å². The highest BCUT2D eigenvalue weighted by Crippen LogP contribution is 2.30. The molecule has 0 saturated carbocycles. The van der Waals surface area contributed by atoms with Crippen molar-refractivity contribution < 1.29 is 9.21 Å². The number of rotatable bonds is 5. The SMILES string of the molecule is C=N/C=C\c1nc(-c2cnc(N3CCN(C(N)=O)CC3)o2)n(-c2ccc(Cl)cc2)c1C. The number of aromatic nitrogens is 3. The topological polar surface area (TPSA) is 106 Å². The molecule has 4 rings (SSSR count). The number of imidazole rings is 1. The minimum atomic E-state index is -0.414. The average Bonchev–Trinajstić information content (AvgIpc) is 3.38. The normalized spacial score (nSPS) is 14.4. The van der Waals surface area contributed by atoms with Gasteiger partial charge in [-0.15, -0.1) is 0 Å². The van der Waals surface area contributed by atoms with Crippen molar-refractivity contribution in [2.45, 2.75) is 6.92 Å². The number of carbonyl (C=O) groups is 1. The molecule has 0 unspecified atom stereocenters. The number of benzene rings is 1. The Morgan fingerprint density at radius 1 is 1.26 bits per heavy atom. The number of oxazole rings is 1. The monoisotopic (exact) mass is 439 g/mol. The summed E-state index contributed by atoms with van der Waals surface area (Å²) >= 11 is 6.07. The zero-order valence-corrected chi connectivity index (χ0v) is 17.8. The molecule has 1 aliphatic heterocycles. The number of hydrogen-bond acceptors (Lipinski definition) is 6. The number of aliphatic imine (C=N–C) groups is 1. The highest BCUT2D eigenvalue weighted by Gasteiger charge is 2.24. The first kappa shape index (κ1) is 20.7. The van der Waals surface area contributed by atoms with E-state index in [1.807, 2.05) is 40.7 Å². The molecule has 31 heavy (non-hydrogen) atoms. The van der Waals surface area contributed by atoms with Crippen LogP contribution in [0.2, 0.25) is 5.02 Å². The molecule has 160 valence electrons. The number of hydrogen-bond donors (Lipinski definition) is 1. The van der Waals surface area contributed by atoms with E-state index in [1.165, 1.54) is 0 Å². The number of nitrogens with two attached hydrogens (primary N) is 1. The summed E-state index contributed by atoms with van der Waals surface area (Å²) in [7, 11) is 0. The van der Waals surface area contributed by atoms with E-state index in [1.54, 1.807) is 23.4 Å². The van der Waals surface area contributed by atoms with Gasteiger partial charge in [0.05, 0.1) is 11.9 Å². The van der Waals surface area contributed by atoms with Crippen LogP contribution in [0.15, 0.2) is 46.1 Å². The van der Waals surface area contributed by atoms with Gasteiger partial charge >= 0.3 is 6.03 Å². The van der Waals surface area contributed by atoms with Crippen molar-refractivity contribution in [1.29, 1.82) is 0 Å². The van der Waals surface area contributed by atoms with E-state index in [9.17, 15) is 4.79 Å². The molecular formula is C21H22ClN7O2. The quantitative estimate of drug-likeness (QED) is 0.613. The summed E-state index contributed by atoms with van der Waals surface area (Å²) < 4.78 is 8.05. The van der Waals surface area contributed by atoms with E-state index >= 15 is 0 Å². The van der Waals surface area contributed by atoms with Gasteiger partial charge in [0.15, 0.2) is 11.6 Å². The highest BCUT2D eigenvalue weighted by molar-refractivity contribution is 6.30. The van der Waals surface area contributed by atoms with E-state index in [0.29, 0.717) is 48.8 Å². The lowest BCUT2D eigenvalue weighted by atomic mass is 10.2. The lowest BCUT2D eigenvalue weighted by Gasteiger charge is -2.32. The summed E-state index contributed by atoms with van der Waals surface area (Å²) in [5, 5.41) is 0.649. The zero-order valence-electron chi connectivity index (χ0n) is 17.0. The molecule has 1 aromatic carbocycles. The first-order chi connectivity index (χ1) is 15.0.